The Balaban J connectivity index is 0. The molecule has 0 aromatic carbocycles. The Morgan fingerprint density at radius 2 is 2.18 bits per heavy atom. The number of carbonyl (C=O) groups is 1. The summed E-state index contributed by atoms with van der Waals surface area (Å²) in [5, 5.41) is 17.1. The van der Waals surface area contributed by atoms with Gasteiger partial charge in [-0.2, -0.15) is 0 Å². The SMILES string of the molecule is C=CCOCC[O].CC(=O)O. The second-order valence-corrected chi connectivity index (χ2v) is 1.59. The monoisotopic (exact) mass is 161 g/mol. The Morgan fingerprint density at radius 3 is 2.45 bits per heavy atom. The summed E-state index contributed by atoms with van der Waals surface area (Å²) in [6.07, 6.45) is 1.62. The molecule has 0 heterocycles. The average Bonchev–Trinajstić information content (AvgIpc) is 1.88. The molecule has 0 unspecified atom stereocenters. The van der Waals surface area contributed by atoms with Crippen LogP contribution in [0.1, 0.15) is 6.92 Å². The van der Waals surface area contributed by atoms with Gasteiger partial charge in [-0.1, -0.05) is 6.08 Å². The molecule has 0 aromatic heterocycles. The molecule has 4 nitrogen and oxygen atoms in total. The van der Waals surface area contributed by atoms with Crippen molar-refractivity contribution in [2.75, 3.05) is 19.8 Å². The summed E-state index contributed by atoms with van der Waals surface area (Å²) in [6.45, 7) is 5.12. The minimum Gasteiger partial charge on any atom is -0.481 e. The number of carboxylic acids is 1. The fourth-order valence-corrected chi connectivity index (χ4v) is 0.226. The van der Waals surface area contributed by atoms with Crippen LogP contribution in [0.3, 0.4) is 0 Å². The van der Waals surface area contributed by atoms with Crippen molar-refractivity contribution < 1.29 is 19.7 Å². The number of hydrogen-bond acceptors (Lipinski definition) is 2. The molecule has 0 saturated heterocycles. The van der Waals surface area contributed by atoms with E-state index in [1.165, 1.54) is 0 Å². The van der Waals surface area contributed by atoms with E-state index in [1.807, 2.05) is 0 Å². The molecular weight excluding hydrogens is 148 g/mol. The predicted octanol–water partition coefficient (Wildman–Crippen LogP) is 0.710. The molecule has 1 N–H and O–H groups in total. The van der Waals surface area contributed by atoms with Gasteiger partial charge in [0.05, 0.1) is 13.2 Å². The highest BCUT2D eigenvalue weighted by Crippen LogP contribution is 1.71. The molecule has 65 valence electrons. The Labute approximate surface area is 66.1 Å². The maximum absolute atomic E-state index is 9.65. The second kappa shape index (κ2) is 11.9. The molecule has 0 rings (SSSR count). The molecule has 11 heavy (non-hydrogen) atoms. The number of hydrogen-bond donors (Lipinski definition) is 1. The third-order valence-corrected chi connectivity index (χ3v) is 0.463. The summed E-state index contributed by atoms with van der Waals surface area (Å²) < 4.78 is 4.70. The van der Waals surface area contributed by atoms with E-state index in [-0.39, 0.29) is 6.61 Å². The van der Waals surface area contributed by atoms with Crippen molar-refractivity contribution in [2.24, 2.45) is 0 Å². The Bertz CT molecular complexity index is 96.6. The minimum absolute atomic E-state index is 0.159. The van der Waals surface area contributed by atoms with Gasteiger partial charge in [-0.3, -0.25) is 4.79 Å². The normalized spacial score (nSPS) is 7.82. The Kier molecular flexibility index (Phi) is 13.8. The largest absolute Gasteiger partial charge is 0.481 e. The van der Waals surface area contributed by atoms with E-state index in [4.69, 9.17) is 14.6 Å². The minimum atomic E-state index is -0.833. The fraction of sp³-hybridized carbons (Fsp3) is 0.571. The Morgan fingerprint density at radius 1 is 1.73 bits per heavy atom. The number of rotatable bonds is 4. The van der Waals surface area contributed by atoms with Gasteiger partial charge in [0.15, 0.2) is 0 Å². The van der Waals surface area contributed by atoms with Crippen LogP contribution in [0.25, 0.3) is 0 Å². The maximum Gasteiger partial charge on any atom is 0.300 e. The van der Waals surface area contributed by atoms with Crippen molar-refractivity contribution in [3.05, 3.63) is 12.7 Å². The van der Waals surface area contributed by atoms with Gasteiger partial charge in [0.1, 0.15) is 6.61 Å². The maximum atomic E-state index is 9.65. The molecule has 0 spiro atoms. The van der Waals surface area contributed by atoms with Crippen molar-refractivity contribution in [1.29, 1.82) is 0 Å². The lowest BCUT2D eigenvalue weighted by atomic mass is 10.7. The predicted molar refractivity (Wildman–Crippen MR) is 39.9 cm³/mol. The van der Waals surface area contributed by atoms with E-state index in [2.05, 4.69) is 6.58 Å². The number of carboxylic acid groups (broad SMARTS) is 1. The number of ether oxygens (including phenoxy) is 1. The van der Waals surface area contributed by atoms with E-state index in [9.17, 15) is 5.11 Å². The van der Waals surface area contributed by atoms with Gasteiger partial charge in [-0.15, -0.1) is 6.58 Å². The fourth-order valence-electron chi connectivity index (χ4n) is 0.226. The summed E-state index contributed by atoms with van der Waals surface area (Å²) in [4.78, 5) is 9.00. The molecule has 0 atom stereocenters. The standard InChI is InChI=1S/C5H9O2.C2H4O2/c1-2-4-7-5-3-6;1-2(3)4/h2H,1,3-5H2;1H3,(H,3,4). The van der Waals surface area contributed by atoms with Crippen LogP contribution in [-0.4, -0.2) is 30.9 Å². The summed E-state index contributed by atoms with van der Waals surface area (Å²) in [7, 11) is 0. The van der Waals surface area contributed by atoms with Crippen molar-refractivity contribution >= 4 is 5.97 Å². The summed E-state index contributed by atoms with van der Waals surface area (Å²) in [5.41, 5.74) is 0. The lowest BCUT2D eigenvalue weighted by molar-refractivity contribution is -0.134. The Hall–Kier alpha value is -0.870. The van der Waals surface area contributed by atoms with Crippen molar-refractivity contribution in [2.45, 2.75) is 6.92 Å². The lowest BCUT2D eigenvalue weighted by Gasteiger charge is -1.91. The van der Waals surface area contributed by atoms with Gasteiger partial charge < -0.3 is 9.84 Å². The first kappa shape index (κ1) is 12.8. The molecule has 0 aromatic rings. The van der Waals surface area contributed by atoms with Crippen LogP contribution in [0.2, 0.25) is 0 Å². The first-order valence-corrected chi connectivity index (χ1v) is 3.11. The van der Waals surface area contributed by atoms with Crippen LogP contribution >= 0.6 is 0 Å². The van der Waals surface area contributed by atoms with Gasteiger partial charge in [-0.05, 0) is 0 Å². The van der Waals surface area contributed by atoms with Crippen LogP contribution in [0.4, 0.5) is 0 Å². The molecule has 0 fully saturated rings. The van der Waals surface area contributed by atoms with Crippen LogP contribution in [0, 0.1) is 0 Å². The highest BCUT2D eigenvalue weighted by Gasteiger charge is 1.77. The smallest absolute Gasteiger partial charge is 0.300 e. The topological polar surface area (TPSA) is 66.4 Å². The highest BCUT2D eigenvalue weighted by molar-refractivity contribution is 5.62. The highest BCUT2D eigenvalue weighted by atomic mass is 16.5. The third kappa shape index (κ3) is 47.4. The zero-order valence-corrected chi connectivity index (χ0v) is 6.58. The zero-order chi connectivity index (χ0) is 9.11. The van der Waals surface area contributed by atoms with Crippen molar-refractivity contribution in [1.82, 2.24) is 0 Å². The zero-order valence-electron chi connectivity index (χ0n) is 6.58. The second-order valence-electron chi connectivity index (χ2n) is 1.59. The molecule has 0 saturated carbocycles. The lowest BCUT2D eigenvalue weighted by Crippen LogP contribution is -1.96. The summed E-state index contributed by atoms with van der Waals surface area (Å²) >= 11 is 0. The van der Waals surface area contributed by atoms with Crippen LogP contribution in [0.5, 0.6) is 0 Å². The summed E-state index contributed by atoms with van der Waals surface area (Å²) in [5.74, 6) is -0.833. The summed E-state index contributed by atoms with van der Waals surface area (Å²) in [6, 6.07) is 0. The van der Waals surface area contributed by atoms with E-state index >= 15 is 0 Å². The van der Waals surface area contributed by atoms with Gasteiger partial charge in [0.2, 0.25) is 0 Å². The van der Waals surface area contributed by atoms with Gasteiger partial charge in [-0.25, -0.2) is 5.11 Å². The van der Waals surface area contributed by atoms with E-state index < -0.39 is 5.97 Å². The van der Waals surface area contributed by atoms with E-state index in [0.29, 0.717) is 13.2 Å². The molecule has 0 aliphatic heterocycles. The molecule has 1 radical (unpaired) electrons. The van der Waals surface area contributed by atoms with Crippen LogP contribution in [-0.2, 0) is 14.6 Å². The first-order valence-electron chi connectivity index (χ1n) is 3.11. The molecule has 4 heteroatoms. The van der Waals surface area contributed by atoms with Gasteiger partial charge in [0, 0.05) is 6.92 Å². The molecule has 0 aliphatic carbocycles. The van der Waals surface area contributed by atoms with Crippen LogP contribution < -0.4 is 0 Å². The van der Waals surface area contributed by atoms with E-state index in [1.54, 1.807) is 6.08 Å². The quantitative estimate of drug-likeness (QED) is 0.487. The van der Waals surface area contributed by atoms with Gasteiger partial charge in [0.25, 0.3) is 5.97 Å². The molecule has 0 aliphatic rings. The van der Waals surface area contributed by atoms with Crippen molar-refractivity contribution in [3.63, 3.8) is 0 Å². The first-order chi connectivity index (χ1) is 5.15. The average molecular weight is 161 g/mol. The van der Waals surface area contributed by atoms with Gasteiger partial charge >= 0.3 is 0 Å². The molecule has 0 bridgehead atoms. The van der Waals surface area contributed by atoms with Crippen molar-refractivity contribution in [3.8, 4) is 0 Å². The van der Waals surface area contributed by atoms with E-state index in [0.717, 1.165) is 6.92 Å². The third-order valence-electron chi connectivity index (χ3n) is 0.463. The van der Waals surface area contributed by atoms with Crippen LogP contribution in [0.15, 0.2) is 12.7 Å². The molecule has 0 amide bonds. The molecular formula is C7H13O4. The number of aliphatic carboxylic acids is 1.